The Morgan fingerprint density at radius 1 is 1.03 bits per heavy atom. The van der Waals surface area contributed by atoms with E-state index < -0.39 is 11.9 Å². The summed E-state index contributed by atoms with van der Waals surface area (Å²) in [7, 11) is 1.52. The summed E-state index contributed by atoms with van der Waals surface area (Å²) in [5.74, 6) is 1.21. The van der Waals surface area contributed by atoms with Crippen LogP contribution in [0.5, 0.6) is 11.5 Å². The van der Waals surface area contributed by atoms with Crippen molar-refractivity contribution in [2.45, 2.75) is 6.18 Å². The molecular formula is C20H21F3N4O2. The molecule has 3 aromatic rings. The molecule has 1 aromatic heterocycles. The number of halogens is 3. The Balaban J connectivity index is 1.91. The number of aromatic nitrogens is 2. The maximum absolute atomic E-state index is 13.3. The van der Waals surface area contributed by atoms with Gasteiger partial charge in [-0.3, -0.25) is 0 Å². The van der Waals surface area contributed by atoms with Crippen LogP contribution in [0.25, 0.3) is 16.9 Å². The van der Waals surface area contributed by atoms with Crippen LogP contribution < -0.4 is 20.5 Å². The van der Waals surface area contributed by atoms with Crippen molar-refractivity contribution in [2.24, 2.45) is 5.73 Å². The van der Waals surface area contributed by atoms with Crippen molar-refractivity contribution in [2.75, 3.05) is 26.9 Å². The topological polar surface area (TPSA) is 74.3 Å². The van der Waals surface area contributed by atoms with Crippen LogP contribution >= 0.6 is 0 Å². The van der Waals surface area contributed by atoms with Crippen LogP contribution in [-0.2, 0) is 6.18 Å². The molecule has 0 spiro atoms. The van der Waals surface area contributed by atoms with Crippen LogP contribution in [-0.4, -0.2) is 36.7 Å². The van der Waals surface area contributed by atoms with Crippen molar-refractivity contribution in [1.82, 2.24) is 15.1 Å². The fourth-order valence-corrected chi connectivity index (χ4v) is 2.71. The van der Waals surface area contributed by atoms with E-state index in [1.165, 1.54) is 11.8 Å². The lowest BCUT2D eigenvalue weighted by molar-refractivity contribution is -0.141. The third kappa shape index (κ3) is 5.07. The maximum Gasteiger partial charge on any atom is 0.435 e. The van der Waals surface area contributed by atoms with Crippen LogP contribution in [0.1, 0.15) is 5.69 Å². The summed E-state index contributed by atoms with van der Waals surface area (Å²) >= 11 is 0. The average Bonchev–Trinajstić information content (AvgIpc) is 3.18. The van der Waals surface area contributed by atoms with E-state index in [-0.39, 0.29) is 0 Å². The molecular weight excluding hydrogens is 385 g/mol. The van der Waals surface area contributed by atoms with Gasteiger partial charge in [-0.15, -0.1) is 0 Å². The van der Waals surface area contributed by atoms with E-state index in [1.54, 1.807) is 48.5 Å². The molecule has 0 unspecified atom stereocenters. The molecule has 0 amide bonds. The van der Waals surface area contributed by atoms with Crippen molar-refractivity contribution in [3.8, 4) is 28.4 Å². The van der Waals surface area contributed by atoms with Gasteiger partial charge in [-0.2, -0.15) is 18.3 Å². The molecule has 0 bridgehead atoms. The summed E-state index contributed by atoms with van der Waals surface area (Å²) in [6.45, 7) is 1.38. The summed E-state index contributed by atoms with van der Waals surface area (Å²) in [5, 5.41) is 6.71. The van der Waals surface area contributed by atoms with Gasteiger partial charge in [0.2, 0.25) is 0 Å². The van der Waals surface area contributed by atoms with E-state index in [1.807, 2.05) is 0 Å². The maximum atomic E-state index is 13.3. The van der Waals surface area contributed by atoms with Gasteiger partial charge in [0.25, 0.3) is 0 Å². The van der Waals surface area contributed by atoms with Crippen molar-refractivity contribution in [3.63, 3.8) is 0 Å². The van der Waals surface area contributed by atoms with Gasteiger partial charge in [0, 0.05) is 18.8 Å². The normalized spacial score (nSPS) is 11.5. The van der Waals surface area contributed by atoms with Crippen molar-refractivity contribution < 1.29 is 22.6 Å². The summed E-state index contributed by atoms with van der Waals surface area (Å²) in [5.41, 5.74) is 5.77. The van der Waals surface area contributed by atoms with Crippen molar-refractivity contribution in [3.05, 3.63) is 60.3 Å². The minimum absolute atomic E-state index is 0.318. The Morgan fingerprint density at radius 3 is 2.28 bits per heavy atom. The smallest absolute Gasteiger partial charge is 0.435 e. The molecule has 9 heteroatoms. The molecule has 29 heavy (non-hydrogen) atoms. The molecule has 3 rings (SSSR count). The molecule has 0 aliphatic rings. The van der Waals surface area contributed by atoms with Crippen molar-refractivity contribution >= 4 is 0 Å². The largest absolute Gasteiger partial charge is 0.497 e. The van der Waals surface area contributed by atoms with Gasteiger partial charge in [0.1, 0.15) is 18.1 Å². The minimum Gasteiger partial charge on any atom is -0.497 e. The van der Waals surface area contributed by atoms with Gasteiger partial charge in [0.15, 0.2) is 5.69 Å². The third-order valence-electron chi connectivity index (χ3n) is 4.16. The van der Waals surface area contributed by atoms with Crippen molar-refractivity contribution in [1.29, 1.82) is 0 Å². The summed E-state index contributed by atoms with van der Waals surface area (Å²) in [6.07, 6.45) is -4.55. The van der Waals surface area contributed by atoms with Gasteiger partial charge in [-0.25, -0.2) is 4.68 Å². The average molecular weight is 406 g/mol. The van der Waals surface area contributed by atoms with E-state index >= 15 is 0 Å². The Labute approximate surface area is 166 Å². The molecule has 0 aliphatic heterocycles. The second-order valence-electron chi connectivity index (χ2n) is 6.10. The first-order valence-electron chi connectivity index (χ1n) is 8.88. The van der Waals surface area contributed by atoms with Crippen LogP contribution in [0.4, 0.5) is 13.2 Å². The van der Waals surface area contributed by atoms with Crippen LogP contribution in [0, 0.1) is 0 Å². The van der Waals surface area contributed by atoms with Gasteiger partial charge >= 0.3 is 6.18 Å². The Kier molecular flexibility index (Phi) is 6.40. The van der Waals surface area contributed by atoms with E-state index in [0.29, 0.717) is 48.3 Å². The fraction of sp³-hybridized carbons (Fsp3) is 0.250. The second-order valence-corrected chi connectivity index (χ2v) is 6.10. The molecule has 2 aromatic carbocycles. The number of nitrogens with two attached hydrogens (primary N) is 1. The molecule has 0 atom stereocenters. The zero-order valence-corrected chi connectivity index (χ0v) is 15.7. The molecule has 6 nitrogen and oxygen atoms in total. The highest BCUT2D eigenvalue weighted by Crippen LogP contribution is 2.34. The van der Waals surface area contributed by atoms with E-state index in [0.717, 1.165) is 6.07 Å². The molecule has 0 aliphatic carbocycles. The molecule has 0 saturated heterocycles. The van der Waals surface area contributed by atoms with Gasteiger partial charge < -0.3 is 20.5 Å². The number of nitrogens with zero attached hydrogens (tertiary/aromatic N) is 2. The first kappa shape index (κ1) is 20.7. The third-order valence-corrected chi connectivity index (χ3v) is 4.16. The Hall–Kier alpha value is -3.04. The van der Waals surface area contributed by atoms with E-state index in [9.17, 15) is 13.2 Å². The standard InChI is InChI=1S/C20H21F3N4O2/c1-28-16-8-4-15(5-9-16)27-18(12-19(26-27)20(21,22)23)14-2-6-17(7-3-14)29-11-10-25-13-24/h2-9,12,25H,10-11,13,24H2,1H3. The Morgan fingerprint density at radius 2 is 1.69 bits per heavy atom. The van der Waals surface area contributed by atoms with E-state index in [2.05, 4.69) is 10.4 Å². The number of rotatable bonds is 8. The highest BCUT2D eigenvalue weighted by atomic mass is 19.4. The molecule has 0 saturated carbocycles. The van der Waals surface area contributed by atoms with Crippen LogP contribution in [0.15, 0.2) is 54.6 Å². The molecule has 0 fully saturated rings. The quantitative estimate of drug-likeness (QED) is 0.443. The first-order valence-corrected chi connectivity index (χ1v) is 8.88. The predicted molar refractivity (Wildman–Crippen MR) is 103 cm³/mol. The Bertz CT molecular complexity index is 922. The molecule has 154 valence electrons. The van der Waals surface area contributed by atoms with Gasteiger partial charge in [-0.05, 0) is 54.6 Å². The van der Waals surface area contributed by atoms with Crippen LogP contribution in [0.3, 0.4) is 0 Å². The second kappa shape index (κ2) is 8.97. The summed E-state index contributed by atoms with van der Waals surface area (Å²) in [6, 6.07) is 14.5. The highest BCUT2D eigenvalue weighted by molar-refractivity contribution is 5.64. The van der Waals surface area contributed by atoms with Gasteiger partial charge in [0.05, 0.1) is 18.5 Å². The lowest BCUT2D eigenvalue weighted by atomic mass is 10.1. The number of nitrogens with one attached hydrogen (secondary N) is 1. The first-order chi connectivity index (χ1) is 13.9. The highest BCUT2D eigenvalue weighted by Gasteiger charge is 2.35. The predicted octanol–water partition coefficient (Wildman–Crippen LogP) is 3.45. The summed E-state index contributed by atoms with van der Waals surface area (Å²) < 4.78 is 51.7. The number of hydrogen-bond acceptors (Lipinski definition) is 5. The number of hydrogen-bond donors (Lipinski definition) is 2. The lowest BCUT2D eigenvalue weighted by Gasteiger charge is -2.10. The number of alkyl halides is 3. The minimum atomic E-state index is -4.55. The molecule has 0 radical (unpaired) electrons. The number of benzene rings is 2. The molecule has 1 heterocycles. The van der Waals surface area contributed by atoms with Gasteiger partial charge in [-0.1, -0.05) is 0 Å². The van der Waals surface area contributed by atoms with E-state index in [4.69, 9.17) is 15.2 Å². The summed E-state index contributed by atoms with van der Waals surface area (Å²) in [4.78, 5) is 0. The zero-order valence-electron chi connectivity index (χ0n) is 15.7. The van der Waals surface area contributed by atoms with Crippen LogP contribution in [0.2, 0.25) is 0 Å². The fourth-order valence-electron chi connectivity index (χ4n) is 2.71. The zero-order chi connectivity index (χ0) is 20.9. The molecule has 3 N–H and O–H groups in total. The lowest BCUT2D eigenvalue weighted by Crippen LogP contribution is -2.26. The monoisotopic (exact) mass is 406 g/mol. The number of methoxy groups -OCH3 is 1. The SMILES string of the molecule is COc1ccc(-n2nc(C(F)(F)F)cc2-c2ccc(OCCNCN)cc2)cc1. The number of ether oxygens (including phenoxy) is 2.